The molecule has 0 saturated carbocycles. The monoisotopic (exact) mass is 389 g/mol. The molecule has 0 atom stereocenters. The molecular formula is C12H9BrClN3O3S. The van der Waals surface area contributed by atoms with Gasteiger partial charge in [0.2, 0.25) is 0 Å². The summed E-state index contributed by atoms with van der Waals surface area (Å²) in [5.41, 5.74) is 0.441. The van der Waals surface area contributed by atoms with Crippen LogP contribution in [0.25, 0.3) is 0 Å². The van der Waals surface area contributed by atoms with Gasteiger partial charge in [0.05, 0.1) is 17.3 Å². The highest BCUT2D eigenvalue weighted by atomic mass is 79.9. The van der Waals surface area contributed by atoms with E-state index in [1.165, 1.54) is 5.38 Å². The van der Waals surface area contributed by atoms with Crippen LogP contribution in [0.1, 0.15) is 15.5 Å². The van der Waals surface area contributed by atoms with E-state index in [9.17, 15) is 9.59 Å². The Morgan fingerprint density at radius 1 is 1.43 bits per heavy atom. The number of carboxylic acid groups (broad SMARTS) is 1. The predicted octanol–water partition coefficient (Wildman–Crippen LogP) is 3.58. The van der Waals surface area contributed by atoms with Gasteiger partial charge in [0.1, 0.15) is 5.01 Å². The van der Waals surface area contributed by atoms with E-state index in [0.29, 0.717) is 15.7 Å². The van der Waals surface area contributed by atoms with E-state index in [1.807, 2.05) is 0 Å². The molecule has 0 saturated heterocycles. The molecule has 3 N–H and O–H groups in total. The van der Waals surface area contributed by atoms with Gasteiger partial charge >= 0.3 is 12.0 Å². The number of carboxylic acids is 1. The first-order valence-corrected chi connectivity index (χ1v) is 7.68. The summed E-state index contributed by atoms with van der Waals surface area (Å²) in [6, 6.07) is 4.63. The zero-order chi connectivity index (χ0) is 15.4. The van der Waals surface area contributed by atoms with Crippen molar-refractivity contribution in [1.29, 1.82) is 0 Å². The van der Waals surface area contributed by atoms with Crippen molar-refractivity contribution < 1.29 is 14.7 Å². The molecule has 1 aromatic heterocycles. The first-order chi connectivity index (χ1) is 9.95. The van der Waals surface area contributed by atoms with Gasteiger partial charge in [0.15, 0.2) is 5.69 Å². The second-order valence-corrected chi connectivity index (χ2v) is 6.13. The molecule has 9 heteroatoms. The van der Waals surface area contributed by atoms with E-state index < -0.39 is 12.0 Å². The minimum Gasteiger partial charge on any atom is -0.476 e. The molecule has 2 rings (SSSR count). The van der Waals surface area contributed by atoms with Gasteiger partial charge in [-0.15, -0.1) is 11.3 Å². The topological polar surface area (TPSA) is 91.3 Å². The van der Waals surface area contributed by atoms with Crippen molar-refractivity contribution >= 4 is 56.6 Å². The van der Waals surface area contributed by atoms with Crippen LogP contribution in [0.3, 0.4) is 0 Å². The summed E-state index contributed by atoms with van der Waals surface area (Å²) in [4.78, 5) is 26.3. The minimum absolute atomic E-state index is 0.0341. The summed E-state index contributed by atoms with van der Waals surface area (Å²) < 4.78 is 0.808. The number of hydrogen-bond donors (Lipinski definition) is 3. The van der Waals surface area contributed by atoms with Crippen molar-refractivity contribution in [3.8, 4) is 0 Å². The third kappa shape index (κ3) is 4.42. The largest absolute Gasteiger partial charge is 0.476 e. The SMILES string of the molecule is O=C(NCc1nc(C(=O)O)cs1)Nc1ccc(Br)cc1Cl. The first kappa shape index (κ1) is 15.7. The Morgan fingerprint density at radius 2 is 2.19 bits per heavy atom. The number of carbonyl (C=O) groups excluding carboxylic acids is 1. The van der Waals surface area contributed by atoms with Crippen molar-refractivity contribution in [1.82, 2.24) is 10.3 Å². The Hall–Kier alpha value is -1.64. The van der Waals surface area contributed by atoms with Crippen LogP contribution in [0, 0.1) is 0 Å². The molecule has 0 radical (unpaired) electrons. The maximum Gasteiger partial charge on any atom is 0.355 e. The molecule has 2 aromatic rings. The fourth-order valence-corrected chi connectivity index (χ4v) is 2.83. The predicted molar refractivity (Wildman–Crippen MR) is 84.1 cm³/mol. The third-order valence-corrected chi connectivity index (χ3v) is 4.01. The highest BCUT2D eigenvalue weighted by Crippen LogP contribution is 2.25. The van der Waals surface area contributed by atoms with E-state index in [0.717, 1.165) is 15.8 Å². The molecule has 21 heavy (non-hydrogen) atoms. The summed E-state index contributed by atoms with van der Waals surface area (Å²) in [7, 11) is 0. The lowest BCUT2D eigenvalue weighted by atomic mass is 10.3. The Morgan fingerprint density at radius 3 is 2.81 bits per heavy atom. The normalized spacial score (nSPS) is 10.2. The number of urea groups is 1. The summed E-state index contributed by atoms with van der Waals surface area (Å²) >= 11 is 10.4. The number of carbonyl (C=O) groups is 2. The van der Waals surface area contributed by atoms with Gasteiger partial charge in [-0.25, -0.2) is 14.6 Å². The van der Waals surface area contributed by atoms with Gasteiger partial charge in [0, 0.05) is 9.85 Å². The molecule has 0 fully saturated rings. The van der Waals surface area contributed by atoms with E-state index in [-0.39, 0.29) is 12.2 Å². The smallest absolute Gasteiger partial charge is 0.355 e. The average Bonchev–Trinajstić information content (AvgIpc) is 2.89. The molecule has 1 aromatic carbocycles. The van der Waals surface area contributed by atoms with Gasteiger partial charge in [-0.1, -0.05) is 27.5 Å². The Kier molecular flexibility index (Phi) is 5.16. The van der Waals surface area contributed by atoms with Crippen molar-refractivity contribution in [2.75, 3.05) is 5.32 Å². The maximum absolute atomic E-state index is 11.7. The van der Waals surface area contributed by atoms with Crippen LogP contribution >= 0.6 is 38.9 Å². The molecule has 0 spiro atoms. The lowest BCUT2D eigenvalue weighted by Crippen LogP contribution is -2.28. The van der Waals surface area contributed by atoms with Crippen LogP contribution in [0.15, 0.2) is 28.1 Å². The Balaban J connectivity index is 1.91. The molecule has 1 heterocycles. The number of aromatic carboxylic acids is 1. The highest BCUT2D eigenvalue weighted by molar-refractivity contribution is 9.10. The van der Waals surface area contributed by atoms with Crippen LogP contribution in [-0.2, 0) is 6.54 Å². The third-order valence-electron chi connectivity index (χ3n) is 2.35. The van der Waals surface area contributed by atoms with Crippen molar-refractivity contribution in [3.63, 3.8) is 0 Å². The van der Waals surface area contributed by atoms with E-state index in [1.54, 1.807) is 18.2 Å². The number of aromatic nitrogens is 1. The van der Waals surface area contributed by atoms with E-state index in [2.05, 4.69) is 31.5 Å². The zero-order valence-corrected chi connectivity index (χ0v) is 13.6. The van der Waals surface area contributed by atoms with Crippen molar-refractivity contribution in [2.24, 2.45) is 0 Å². The number of nitrogens with zero attached hydrogens (tertiary/aromatic N) is 1. The second kappa shape index (κ2) is 6.88. The molecule has 110 valence electrons. The number of amides is 2. The molecule has 0 unspecified atom stereocenters. The van der Waals surface area contributed by atoms with Crippen LogP contribution < -0.4 is 10.6 Å². The molecular weight excluding hydrogens is 382 g/mol. The lowest BCUT2D eigenvalue weighted by Gasteiger charge is -2.08. The number of halogens is 2. The molecule has 0 bridgehead atoms. The second-order valence-electron chi connectivity index (χ2n) is 3.86. The Labute approximate surface area is 137 Å². The first-order valence-electron chi connectivity index (χ1n) is 5.63. The number of nitrogens with one attached hydrogen (secondary N) is 2. The summed E-state index contributed by atoms with van der Waals surface area (Å²) in [6.45, 7) is 0.137. The molecule has 6 nitrogen and oxygen atoms in total. The molecule has 0 aliphatic carbocycles. The van der Waals surface area contributed by atoms with Gasteiger partial charge in [-0.2, -0.15) is 0 Å². The van der Waals surface area contributed by atoms with E-state index in [4.69, 9.17) is 16.7 Å². The summed E-state index contributed by atoms with van der Waals surface area (Å²) in [5.74, 6) is -1.09. The van der Waals surface area contributed by atoms with Crippen LogP contribution in [0.2, 0.25) is 5.02 Å². The number of hydrogen-bond acceptors (Lipinski definition) is 4. The summed E-state index contributed by atoms with van der Waals surface area (Å²) in [5, 5.41) is 16.2. The Bertz CT molecular complexity index is 692. The summed E-state index contributed by atoms with van der Waals surface area (Å²) in [6.07, 6.45) is 0. The van der Waals surface area contributed by atoms with Crippen molar-refractivity contribution in [2.45, 2.75) is 6.54 Å². The van der Waals surface area contributed by atoms with Crippen LogP contribution in [-0.4, -0.2) is 22.1 Å². The minimum atomic E-state index is -1.09. The fourth-order valence-electron chi connectivity index (χ4n) is 1.40. The maximum atomic E-state index is 11.7. The highest BCUT2D eigenvalue weighted by Gasteiger charge is 2.10. The quantitative estimate of drug-likeness (QED) is 0.744. The van der Waals surface area contributed by atoms with Gasteiger partial charge in [-0.3, -0.25) is 0 Å². The van der Waals surface area contributed by atoms with Crippen LogP contribution in [0.5, 0.6) is 0 Å². The fraction of sp³-hybridized carbons (Fsp3) is 0.0833. The van der Waals surface area contributed by atoms with Gasteiger partial charge in [0.25, 0.3) is 0 Å². The zero-order valence-electron chi connectivity index (χ0n) is 10.4. The van der Waals surface area contributed by atoms with E-state index >= 15 is 0 Å². The standard InChI is InChI=1S/C12H9BrClN3O3S/c13-6-1-2-8(7(14)3-6)17-12(20)15-4-10-16-9(5-21-10)11(18)19/h1-3,5H,4H2,(H,18,19)(H2,15,17,20). The molecule has 0 aliphatic heterocycles. The van der Waals surface area contributed by atoms with Gasteiger partial charge < -0.3 is 15.7 Å². The average molecular weight is 391 g/mol. The number of rotatable bonds is 4. The molecule has 0 aliphatic rings. The number of benzene rings is 1. The van der Waals surface area contributed by atoms with Gasteiger partial charge in [-0.05, 0) is 18.2 Å². The van der Waals surface area contributed by atoms with Crippen molar-refractivity contribution in [3.05, 3.63) is 43.8 Å². The molecule has 2 amide bonds. The van der Waals surface area contributed by atoms with Crippen LogP contribution in [0.4, 0.5) is 10.5 Å². The number of anilines is 1. The lowest BCUT2D eigenvalue weighted by molar-refractivity contribution is 0.0691. The number of thiazole rings is 1.